The van der Waals surface area contributed by atoms with E-state index in [1.807, 2.05) is 42.5 Å². The van der Waals surface area contributed by atoms with Crippen molar-refractivity contribution in [3.8, 4) is 11.5 Å². The summed E-state index contributed by atoms with van der Waals surface area (Å²) >= 11 is 6.16. The van der Waals surface area contributed by atoms with Gasteiger partial charge in [-0.15, -0.1) is 0 Å². The number of benzene rings is 2. The van der Waals surface area contributed by atoms with E-state index in [0.717, 1.165) is 35.2 Å². The van der Waals surface area contributed by atoms with Crippen molar-refractivity contribution in [2.45, 2.75) is 13.1 Å². The van der Waals surface area contributed by atoms with E-state index in [9.17, 15) is 0 Å². The second-order valence-electron chi connectivity index (χ2n) is 4.87. The van der Waals surface area contributed by atoms with Gasteiger partial charge in [0, 0.05) is 16.1 Å². The Labute approximate surface area is 136 Å². The Hall–Kier alpha value is -1.97. The fourth-order valence-electron chi connectivity index (χ4n) is 2.17. The molecule has 0 spiro atoms. The molecule has 0 unspecified atom stereocenters. The van der Waals surface area contributed by atoms with Gasteiger partial charge in [0.25, 0.3) is 0 Å². The van der Waals surface area contributed by atoms with Crippen LogP contribution in [0.5, 0.6) is 11.5 Å². The Bertz CT molecular complexity index is 628. The summed E-state index contributed by atoms with van der Waals surface area (Å²) in [6.07, 6.45) is 1.71. The summed E-state index contributed by atoms with van der Waals surface area (Å²) in [4.78, 5) is 0. The maximum absolute atomic E-state index is 6.16. The molecule has 0 aliphatic rings. The molecule has 3 nitrogen and oxygen atoms in total. The molecule has 0 atom stereocenters. The van der Waals surface area contributed by atoms with E-state index in [0.29, 0.717) is 6.61 Å². The van der Waals surface area contributed by atoms with E-state index in [2.05, 4.69) is 11.9 Å². The van der Waals surface area contributed by atoms with Gasteiger partial charge in [-0.1, -0.05) is 42.5 Å². The van der Waals surface area contributed by atoms with Crippen LogP contribution in [-0.4, -0.2) is 13.7 Å². The molecule has 2 aromatic rings. The molecule has 0 saturated heterocycles. The number of hydrogen-bond donors (Lipinski definition) is 1. The topological polar surface area (TPSA) is 35.1 Å². The number of quaternary nitrogens is 1. The lowest BCUT2D eigenvalue weighted by molar-refractivity contribution is -0.686. The van der Waals surface area contributed by atoms with Crippen molar-refractivity contribution >= 4 is 11.6 Å². The highest BCUT2D eigenvalue weighted by atomic mass is 35.5. The Morgan fingerprint density at radius 2 is 1.95 bits per heavy atom. The highest BCUT2D eigenvalue weighted by molar-refractivity contribution is 6.31. The quantitative estimate of drug-likeness (QED) is 0.759. The monoisotopic (exact) mass is 318 g/mol. The Kier molecular flexibility index (Phi) is 6.31. The second kappa shape index (κ2) is 8.47. The van der Waals surface area contributed by atoms with Crippen LogP contribution in [-0.2, 0) is 13.1 Å². The molecular weight excluding hydrogens is 298 g/mol. The zero-order chi connectivity index (χ0) is 15.8. The normalized spacial score (nSPS) is 10.3. The third-order valence-electron chi connectivity index (χ3n) is 3.29. The Balaban J connectivity index is 1.95. The average Bonchev–Trinajstić information content (AvgIpc) is 2.55. The van der Waals surface area contributed by atoms with Crippen LogP contribution in [0, 0.1) is 0 Å². The summed E-state index contributed by atoms with van der Waals surface area (Å²) < 4.78 is 10.9. The van der Waals surface area contributed by atoms with E-state index in [4.69, 9.17) is 21.1 Å². The van der Waals surface area contributed by atoms with Crippen LogP contribution in [0.3, 0.4) is 0 Å². The predicted octanol–water partition coefficient (Wildman–Crippen LogP) is 3.18. The first-order valence-electron chi connectivity index (χ1n) is 7.20. The van der Waals surface area contributed by atoms with Gasteiger partial charge < -0.3 is 14.8 Å². The highest BCUT2D eigenvalue weighted by Gasteiger charge is 2.07. The number of ether oxygens (including phenoxy) is 2. The molecule has 0 fully saturated rings. The molecule has 0 aromatic heterocycles. The van der Waals surface area contributed by atoms with Crippen molar-refractivity contribution in [1.29, 1.82) is 0 Å². The molecule has 116 valence electrons. The maximum Gasteiger partial charge on any atom is 0.161 e. The van der Waals surface area contributed by atoms with Crippen molar-refractivity contribution in [3.63, 3.8) is 0 Å². The van der Waals surface area contributed by atoms with Crippen LogP contribution in [0.4, 0.5) is 0 Å². The van der Waals surface area contributed by atoms with Crippen molar-refractivity contribution in [3.05, 3.63) is 71.3 Å². The molecule has 0 radical (unpaired) electrons. The van der Waals surface area contributed by atoms with Crippen LogP contribution in [0.25, 0.3) is 0 Å². The molecule has 0 amide bonds. The molecule has 0 bridgehead atoms. The smallest absolute Gasteiger partial charge is 0.161 e. The number of halogens is 1. The molecule has 0 heterocycles. The molecule has 2 rings (SSSR count). The summed E-state index contributed by atoms with van der Waals surface area (Å²) in [6.45, 7) is 5.80. The molecule has 0 aliphatic heterocycles. The van der Waals surface area contributed by atoms with Gasteiger partial charge in [-0.3, -0.25) is 0 Å². The molecule has 4 heteroatoms. The highest BCUT2D eigenvalue weighted by Crippen LogP contribution is 2.27. The van der Waals surface area contributed by atoms with Gasteiger partial charge in [-0.25, -0.2) is 0 Å². The van der Waals surface area contributed by atoms with Gasteiger partial charge in [-0.05, 0) is 24.3 Å². The molecule has 2 N–H and O–H groups in total. The number of methoxy groups -OCH3 is 1. The van der Waals surface area contributed by atoms with Crippen molar-refractivity contribution in [1.82, 2.24) is 0 Å². The summed E-state index contributed by atoms with van der Waals surface area (Å²) in [6, 6.07) is 13.9. The fraction of sp³-hybridized carbons (Fsp3) is 0.222. The lowest BCUT2D eigenvalue weighted by atomic mass is 10.2. The largest absolute Gasteiger partial charge is 0.493 e. The number of hydrogen-bond acceptors (Lipinski definition) is 2. The van der Waals surface area contributed by atoms with Gasteiger partial charge in [-0.2, -0.15) is 0 Å². The van der Waals surface area contributed by atoms with E-state index in [-0.39, 0.29) is 0 Å². The van der Waals surface area contributed by atoms with Crippen LogP contribution in [0.15, 0.2) is 55.1 Å². The minimum absolute atomic E-state index is 0.467. The van der Waals surface area contributed by atoms with Crippen molar-refractivity contribution in [2.75, 3.05) is 13.7 Å². The molecular formula is C18H21ClNO2+. The first kappa shape index (κ1) is 16.4. The van der Waals surface area contributed by atoms with E-state index in [1.54, 1.807) is 13.2 Å². The SMILES string of the molecule is C=CCOc1ccc(C[NH2+]Cc2ccccc2Cl)cc1OC. The lowest BCUT2D eigenvalue weighted by Crippen LogP contribution is -2.80. The lowest BCUT2D eigenvalue weighted by Gasteiger charge is -2.11. The standard InChI is InChI=1S/C18H20ClNO2/c1-3-10-22-17-9-8-14(11-18(17)21-2)12-20-13-15-6-4-5-7-16(15)19/h3-9,11,20H,1,10,12-13H2,2H3/p+1. The van der Waals surface area contributed by atoms with Gasteiger partial charge in [0.2, 0.25) is 0 Å². The number of nitrogens with two attached hydrogens (primary N) is 1. The van der Waals surface area contributed by atoms with Gasteiger partial charge in [0.05, 0.1) is 7.11 Å². The summed E-state index contributed by atoms with van der Waals surface area (Å²) in [5.41, 5.74) is 2.32. The Morgan fingerprint density at radius 1 is 1.14 bits per heavy atom. The van der Waals surface area contributed by atoms with Crippen LogP contribution >= 0.6 is 11.6 Å². The maximum atomic E-state index is 6.16. The third-order valence-corrected chi connectivity index (χ3v) is 3.66. The van der Waals surface area contributed by atoms with Gasteiger partial charge >= 0.3 is 0 Å². The second-order valence-corrected chi connectivity index (χ2v) is 5.28. The van der Waals surface area contributed by atoms with E-state index >= 15 is 0 Å². The first-order chi connectivity index (χ1) is 10.7. The summed E-state index contributed by atoms with van der Waals surface area (Å²) in [5.74, 6) is 1.47. The third kappa shape index (κ3) is 4.52. The van der Waals surface area contributed by atoms with Gasteiger partial charge in [0.1, 0.15) is 19.7 Å². The number of rotatable bonds is 8. The zero-order valence-electron chi connectivity index (χ0n) is 12.7. The van der Waals surface area contributed by atoms with Crippen LogP contribution in [0.2, 0.25) is 5.02 Å². The van der Waals surface area contributed by atoms with E-state index in [1.165, 1.54) is 5.56 Å². The van der Waals surface area contributed by atoms with Crippen molar-refractivity contribution < 1.29 is 14.8 Å². The Morgan fingerprint density at radius 3 is 2.68 bits per heavy atom. The van der Waals surface area contributed by atoms with E-state index < -0.39 is 0 Å². The fourth-order valence-corrected chi connectivity index (χ4v) is 2.38. The van der Waals surface area contributed by atoms with Crippen LogP contribution < -0.4 is 14.8 Å². The first-order valence-corrected chi connectivity index (χ1v) is 7.58. The minimum Gasteiger partial charge on any atom is -0.493 e. The molecule has 0 saturated carbocycles. The van der Waals surface area contributed by atoms with Crippen LogP contribution in [0.1, 0.15) is 11.1 Å². The minimum atomic E-state index is 0.467. The van der Waals surface area contributed by atoms with Crippen molar-refractivity contribution in [2.24, 2.45) is 0 Å². The predicted molar refractivity (Wildman–Crippen MR) is 89.5 cm³/mol. The summed E-state index contributed by atoms with van der Waals surface area (Å²) in [5, 5.41) is 3.02. The summed E-state index contributed by atoms with van der Waals surface area (Å²) in [7, 11) is 1.65. The molecule has 2 aromatic carbocycles. The van der Waals surface area contributed by atoms with Gasteiger partial charge in [0.15, 0.2) is 11.5 Å². The zero-order valence-corrected chi connectivity index (χ0v) is 13.5. The molecule has 0 aliphatic carbocycles. The average molecular weight is 319 g/mol. The molecule has 22 heavy (non-hydrogen) atoms.